The second-order valence-corrected chi connectivity index (χ2v) is 5.47. The molecule has 0 saturated carbocycles. The van der Waals surface area contributed by atoms with Crippen LogP contribution in [-0.4, -0.2) is 18.4 Å². The molecule has 2 aromatic carbocycles. The van der Waals surface area contributed by atoms with Gasteiger partial charge in [0, 0.05) is 17.7 Å². The van der Waals surface area contributed by atoms with Crippen LogP contribution in [-0.2, 0) is 11.3 Å². The fourth-order valence-corrected chi connectivity index (χ4v) is 2.13. The van der Waals surface area contributed by atoms with Crippen LogP contribution in [0.2, 0.25) is 0 Å². The Morgan fingerprint density at radius 3 is 2.64 bits per heavy atom. The topological polar surface area (TPSA) is 55.4 Å². The second kappa shape index (κ2) is 9.37. The Labute approximate surface area is 146 Å². The lowest BCUT2D eigenvalue weighted by Crippen LogP contribution is -2.24. The molecule has 0 saturated heterocycles. The number of carbonyl (C=O) groups is 2. The molecule has 2 rings (SSSR count). The highest BCUT2D eigenvalue weighted by Crippen LogP contribution is 2.13. The highest BCUT2D eigenvalue weighted by atomic mass is 19.1. The molecule has 0 unspecified atom stereocenters. The molecule has 0 spiro atoms. The molecular weight excluding hydrogens is 321 g/mol. The van der Waals surface area contributed by atoms with E-state index in [-0.39, 0.29) is 12.4 Å². The van der Waals surface area contributed by atoms with Crippen molar-refractivity contribution in [3.63, 3.8) is 0 Å². The molecule has 0 fully saturated rings. The SMILES string of the molecule is CC(=O)c1ccc(F)c(C=CCCNC(=O)OCc2ccccc2)c1. The Morgan fingerprint density at radius 1 is 1.16 bits per heavy atom. The summed E-state index contributed by atoms with van der Waals surface area (Å²) in [4.78, 5) is 22.9. The van der Waals surface area contributed by atoms with E-state index in [4.69, 9.17) is 4.74 Å². The average Bonchev–Trinajstić information content (AvgIpc) is 2.61. The van der Waals surface area contributed by atoms with Crippen molar-refractivity contribution in [1.82, 2.24) is 5.32 Å². The van der Waals surface area contributed by atoms with E-state index >= 15 is 0 Å². The summed E-state index contributed by atoms with van der Waals surface area (Å²) in [6, 6.07) is 13.6. The monoisotopic (exact) mass is 341 g/mol. The maximum Gasteiger partial charge on any atom is 0.407 e. The Bertz CT molecular complexity index is 757. The molecule has 2 aromatic rings. The summed E-state index contributed by atoms with van der Waals surface area (Å²) >= 11 is 0. The van der Waals surface area contributed by atoms with Gasteiger partial charge >= 0.3 is 6.09 Å². The predicted molar refractivity (Wildman–Crippen MR) is 94.7 cm³/mol. The van der Waals surface area contributed by atoms with Crippen LogP contribution in [0.15, 0.2) is 54.6 Å². The molecule has 0 heterocycles. The Morgan fingerprint density at radius 2 is 1.92 bits per heavy atom. The summed E-state index contributed by atoms with van der Waals surface area (Å²) in [5.74, 6) is -0.506. The van der Waals surface area contributed by atoms with Gasteiger partial charge < -0.3 is 10.1 Å². The first-order valence-electron chi connectivity index (χ1n) is 7.98. The Balaban J connectivity index is 1.73. The highest BCUT2D eigenvalue weighted by molar-refractivity contribution is 5.94. The number of amides is 1. The van der Waals surface area contributed by atoms with Gasteiger partial charge in [0.25, 0.3) is 0 Å². The number of Topliss-reactive ketones (excluding diaryl/α,β-unsaturated/α-hetero) is 1. The van der Waals surface area contributed by atoms with Crippen molar-refractivity contribution < 1.29 is 18.7 Å². The molecule has 0 atom stereocenters. The van der Waals surface area contributed by atoms with E-state index in [1.165, 1.54) is 25.1 Å². The number of hydrogen-bond donors (Lipinski definition) is 1. The van der Waals surface area contributed by atoms with Gasteiger partial charge in [-0.25, -0.2) is 9.18 Å². The molecule has 0 radical (unpaired) electrons. The van der Waals surface area contributed by atoms with Gasteiger partial charge in [-0.3, -0.25) is 4.79 Å². The van der Waals surface area contributed by atoms with Crippen LogP contribution >= 0.6 is 0 Å². The molecule has 0 bridgehead atoms. The van der Waals surface area contributed by atoms with Crippen LogP contribution in [0, 0.1) is 5.82 Å². The first kappa shape index (κ1) is 18.4. The van der Waals surface area contributed by atoms with Gasteiger partial charge in [-0.1, -0.05) is 42.5 Å². The van der Waals surface area contributed by atoms with Crippen LogP contribution in [0.3, 0.4) is 0 Å². The van der Waals surface area contributed by atoms with Crippen LogP contribution in [0.1, 0.15) is 34.8 Å². The van der Waals surface area contributed by atoms with Gasteiger partial charge in [-0.2, -0.15) is 0 Å². The lowest BCUT2D eigenvalue weighted by atomic mass is 10.1. The molecule has 5 heteroatoms. The summed E-state index contributed by atoms with van der Waals surface area (Å²) in [5.41, 5.74) is 1.72. The van der Waals surface area contributed by atoms with Crippen molar-refractivity contribution in [2.75, 3.05) is 6.54 Å². The molecule has 0 aliphatic rings. The van der Waals surface area contributed by atoms with E-state index in [1.54, 1.807) is 12.2 Å². The molecule has 0 aliphatic heterocycles. The Hall–Kier alpha value is -2.95. The third-order valence-corrected chi connectivity index (χ3v) is 3.49. The number of hydrogen-bond acceptors (Lipinski definition) is 3. The zero-order valence-corrected chi connectivity index (χ0v) is 14.0. The standard InChI is InChI=1S/C20H20FNO3/c1-15(23)17-10-11-19(21)18(13-17)9-5-6-12-22-20(24)25-14-16-7-3-2-4-8-16/h2-5,7-11,13H,6,12,14H2,1H3,(H,22,24). The molecule has 130 valence electrons. The minimum absolute atomic E-state index is 0.113. The zero-order chi connectivity index (χ0) is 18.1. The van der Waals surface area contributed by atoms with Crippen molar-refractivity contribution in [2.45, 2.75) is 20.0 Å². The van der Waals surface area contributed by atoms with Crippen molar-refractivity contribution in [3.05, 3.63) is 77.1 Å². The summed E-state index contributed by atoms with van der Waals surface area (Å²) < 4.78 is 18.8. The third kappa shape index (κ3) is 6.22. The lowest BCUT2D eigenvalue weighted by Gasteiger charge is -2.06. The molecular formula is C20H20FNO3. The van der Waals surface area contributed by atoms with Gasteiger partial charge in [-0.05, 0) is 37.1 Å². The molecule has 0 aliphatic carbocycles. The van der Waals surface area contributed by atoms with E-state index < -0.39 is 11.9 Å². The number of alkyl carbamates (subject to hydrolysis) is 1. The molecule has 25 heavy (non-hydrogen) atoms. The number of carbonyl (C=O) groups excluding carboxylic acids is 2. The number of rotatable bonds is 7. The van der Waals surface area contributed by atoms with E-state index in [1.807, 2.05) is 30.3 Å². The maximum atomic E-state index is 13.7. The minimum Gasteiger partial charge on any atom is -0.445 e. The maximum absolute atomic E-state index is 13.7. The predicted octanol–water partition coefficient (Wildman–Crippen LogP) is 4.36. The number of benzene rings is 2. The fraction of sp³-hybridized carbons (Fsp3) is 0.200. The van der Waals surface area contributed by atoms with E-state index in [0.29, 0.717) is 24.1 Å². The Kier molecular flexibility index (Phi) is 6.89. The highest BCUT2D eigenvalue weighted by Gasteiger charge is 2.04. The van der Waals surface area contributed by atoms with Gasteiger partial charge in [0.1, 0.15) is 12.4 Å². The lowest BCUT2D eigenvalue weighted by molar-refractivity contribution is 0.101. The first-order valence-corrected chi connectivity index (χ1v) is 7.98. The third-order valence-electron chi connectivity index (χ3n) is 3.49. The van der Waals surface area contributed by atoms with E-state index in [2.05, 4.69) is 5.32 Å². The van der Waals surface area contributed by atoms with E-state index in [0.717, 1.165) is 5.56 Å². The number of halogens is 1. The van der Waals surface area contributed by atoms with Gasteiger partial charge in [0.05, 0.1) is 0 Å². The van der Waals surface area contributed by atoms with Crippen molar-refractivity contribution in [2.24, 2.45) is 0 Å². The van der Waals surface area contributed by atoms with Crippen molar-refractivity contribution in [3.8, 4) is 0 Å². The smallest absolute Gasteiger partial charge is 0.407 e. The molecule has 0 aromatic heterocycles. The van der Waals surface area contributed by atoms with Crippen molar-refractivity contribution in [1.29, 1.82) is 0 Å². The summed E-state index contributed by atoms with van der Waals surface area (Å²) in [6.45, 7) is 2.02. The van der Waals surface area contributed by atoms with Crippen molar-refractivity contribution >= 4 is 18.0 Å². The normalized spacial score (nSPS) is 10.6. The first-order chi connectivity index (χ1) is 12.1. The zero-order valence-electron chi connectivity index (χ0n) is 14.0. The number of nitrogens with one attached hydrogen (secondary N) is 1. The van der Waals surface area contributed by atoms with Gasteiger partial charge in [0.2, 0.25) is 0 Å². The second-order valence-electron chi connectivity index (χ2n) is 5.47. The van der Waals surface area contributed by atoms with Gasteiger partial charge in [0.15, 0.2) is 5.78 Å². The van der Waals surface area contributed by atoms with Crippen LogP contribution in [0.25, 0.3) is 6.08 Å². The van der Waals surface area contributed by atoms with Crippen LogP contribution < -0.4 is 5.32 Å². The largest absolute Gasteiger partial charge is 0.445 e. The summed E-state index contributed by atoms with van der Waals surface area (Å²) in [6.07, 6.45) is 3.35. The summed E-state index contributed by atoms with van der Waals surface area (Å²) in [5, 5.41) is 2.62. The molecule has 4 nitrogen and oxygen atoms in total. The molecule has 1 N–H and O–H groups in total. The number of ketones is 1. The number of ether oxygens (including phenoxy) is 1. The fourth-order valence-electron chi connectivity index (χ4n) is 2.13. The minimum atomic E-state index is -0.498. The van der Waals surface area contributed by atoms with Gasteiger partial charge in [-0.15, -0.1) is 0 Å². The quantitative estimate of drug-likeness (QED) is 0.601. The average molecular weight is 341 g/mol. The molecule has 1 amide bonds. The van der Waals surface area contributed by atoms with Crippen LogP contribution in [0.4, 0.5) is 9.18 Å². The summed E-state index contributed by atoms with van der Waals surface area (Å²) in [7, 11) is 0. The van der Waals surface area contributed by atoms with Crippen LogP contribution in [0.5, 0.6) is 0 Å². The van der Waals surface area contributed by atoms with E-state index in [9.17, 15) is 14.0 Å².